The molecule has 0 bridgehead atoms. The molecule has 0 saturated heterocycles. The molecule has 2 heterocycles. The van der Waals surface area contributed by atoms with Crippen LogP contribution in [0.1, 0.15) is 41.7 Å². The number of thiophene rings is 1. The third kappa shape index (κ3) is 4.55. The van der Waals surface area contributed by atoms with Crippen LogP contribution in [0.2, 0.25) is 0 Å². The molecule has 1 saturated carbocycles. The minimum absolute atomic E-state index is 0.154. The van der Waals surface area contributed by atoms with Gasteiger partial charge < -0.3 is 15.6 Å². The lowest BCUT2D eigenvalue weighted by atomic mass is 9.83. The van der Waals surface area contributed by atoms with Crippen molar-refractivity contribution in [2.24, 2.45) is 5.92 Å². The topological polar surface area (TPSA) is 97.8 Å². The molecule has 0 aliphatic heterocycles. The third-order valence-corrected chi connectivity index (χ3v) is 6.42. The lowest BCUT2D eigenvalue weighted by Crippen LogP contribution is -2.50. The van der Waals surface area contributed by atoms with Gasteiger partial charge in [-0.3, -0.25) is 9.59 Å². The van der Waals surface area contributed by atoms with Gasteiger partial charge in [0.25, 0.3) is 5.91 Å². The number of aromatic nitrogens is 1. The first kappa shape index (κ1) is 20.2. The Balaban J connectivity index is 1.42. The van der Waals surface area contributed by atoms with Gasteiger partial charge in [-0.15, -0.1) is 0 Å². The zero-order valence-corrected chi connectivity index (χ0v) is 17.4. The van der Waals surface area contributed by atoms with E-state index in [0.29, 0.717) is 18.5 Å². The van der Waals surface area contributed by atoms with E-state index in [1.54, 1.807) is 11.3 Å². The van der Waals surface area contributed by atoms with Crippen LogP contribution in [0, 0.1) is 17.2 Å². The average molecular weight is 421 g/mol. The van der Waals surface area contributed by atoms with Gasteiger partial charge in [-0.1, -0.05) is 31.0 Å². The van der Waals surface area contributed by atoms with Crippen molar-refractivity contribution in [3.8, 4) is 6.07 Å². The number of nitrogens with zero attached hydrogens (tertiary/aromatic N) is 1. The summed E-state index contributed by atoms with van der Waals surface area (Å²) in [5, 5.41) is 20.3. The Labute approximate surface area is 179 Å². The van der Waals surface area contributed by atoms with E-state index in [0.717, 1.165) is 35.7 Å². The molecule has 3 aromatic rings. The zero-order valence-electron chi connectivity index (χ0n) is 16.6. The van der Waals surface area contributed by atoms with Crippen molar-refractivity contribution in [1.82, 2.24) is 15.6 Å². The summed E-state index contributed by atoms with van der Waals surface area (Å²) in [5.41, 5.74) is 2.44. The summed E-state index contributed by atoms with van der Waals surface area (Å²) in [7, 11) is 0. The fraction of sp³-hybridized carbons (Fsp3) is 0.348. The third-order valence-electron chi connectivity index (χ3n) is 5.69. The molecule has 1 aliphatic carbocycles. The highest BCUT2D eigenvalue weighted by Gasteiger charge is 2.33. The maximum Gasteiger partial charge on any atom is 0.267 e. The molecule has 2 aromatic heterocycles. The van der Waals surface area contributed by atoms with Gasteiger partial charge in [0.05, 0.1) is 12.0 Å². The van der Waals surface area contributed by atoms with E-state index in [4.69, 9.17) is 0 Å². The van der Waals surface area contributed by atoms with Crippen LogP contribution in [0.25, 0.3) is 10.9 Å². The molecule has 3 atom stereocenters. The van der Waals surface area contributed by atoms with E-state index in [1.807, 2.05) is 47.2 Å². The largest absolute Gasteiger partial charge is 0.351 e. The number of carbonyl (C=O) groups excluding carboxylic acids is 2. The maximum absolute atomic E-state index is 12.9. The van der Waals surface area contributed by atoms with Gasteiger partial charge in [-0.2, -0.15) is 16.6 Å². The van der Waals surface area contributed by atoms with Gasteiger partial charge in [-0.05, 0) is 47.4 Å². The van der Waals surface area contributed by atoms with E-state index >= 15 is 0 Å². The standard InChI is InChI=1S/C23H24N4O2S/c24-13-17(11-15-9-10-30-14-15)25-22(28)18-6-2-4-8-20(18)27-23(29)21-12-16-5-1-3-7-19(16)26-21/h1,3,5,7,9-10,12,14,17-18,20,26H,2,4,6,8,11H2,(H,25,28)(H,27,29)/t17-,18+,20?/m0/s1. The quantitative estimate of drug-likeness (QED) is 0.566. The normalized spacial score (nSPS) is 19.7. The number of amides is 2. The number of hydrogen-bond donors (Lipinski definition) is 3. The summed E-state index contributed by atoms with van der Waals surface area (Å²) >= 11 is 1.57. The minimum atomic E-state index is -0.570. The summed E-state index contributed by atoms with van der Waals surface area (Å²) in [6, 6.07) is 12.9. The Bertz CT molecular complexity index is 1030. The highest BCUT2D eigenvalue weighted by atomic mass is 32.1. The number of nitriles is 1. The van der Waals surface area contributed by atoms with Gasteiger partial charge in [-0.25, -0.2) is 0 Å². The second-order valence-electron chi connectivity index (χ2n) is 7.77. The number of fused-ring (bicyclic) bond motifs is 1. The highest BCUT2D eigenvalue weighted by molar-refractivity contribution is 7.07. The van der Waals surface area contributed by atoms with Gasteiger partial charge in [0.2, 0.25) is 5.91 Å². The molecule has 7 heteroatoms. The molecule has 2 amide bonds. The summed E-state index contributed by atoms with van der Waals surface area (Å²) in [5.74, 6) is -0.685. The first-order chi connectivity index (χ1) is 14.6. The minimum Gasteiger partial charge on any atom is -0.351 e. The lowest BCUT2D eigenvalue weighted by Gasteiger charge is -2.31. The fourth-order valence-electron chi connectivity index (χ4n) is 4.11. The van der Waals surface area contributed by atoms with E-state index in [-0.39, 0.29) is 23.8 Å². The number of H-pyrrole nitrogens is 1. The highest BCUT2D eigenvalue weighted by Crippen LogP contribution is 2.26. The van der Waals surface area contributed by atoms with Crippen LogP contribution in [-0.2, 0) is 11.2 Å². The zero-order chi connectivity index (χ0) is 20.9. The van der Waals surface area contributed by atoms with Gasteiger partial charge in [0.15, 0.2) is 0 Å². The maximum atomic E-state index is 12.9. The molecule has 4 rings (SSSR count). The van der Waals surface area contributed by atoms with Crippen LogP contribution in [0.15, 0.2) is 47.2 Å². The van der Waals surface area contributed by atoms with Crippen LogP contribution in [-0.4, -0.2) is 28.9 Å². The summed E-state index contributed by atoms with van der Waals surface area (Å²) in [4.78, 5) is 28.9. The van der Waals surface area contributed by atoms with Crippen molar-refractivity contribution in [2.75, 3.05) is 0 Å². The molecule has 1 unspecified atom stereocenters. The average Bonchev–Trinajstić information content (AvgIpc) is 3.43. The van der Waals surface area contributed by atoms with Crippen LogP contribution in [0.5, 0.6) is 0 Å². The fourth-order valence-corrected chi connectivity index (χ4v) is 4.79. The molecule has 1 aliphatic rings. The van der Waals surface area contributed by atoms with E-state index in [2.05, 4.69) is 21.7 Å². The SMILES string of the molecule is N#C[C@H](Cc1ccsc1)NC(=O)[C@@H]1CCCCC1NC(=O)c1cc2ccccc2[nH]1. The lowest BCUT2D eigenvalue weighted by molar-refractivity contribution is -0.127. The first-order valence-corrected chi connectivity index (χ1v) is 11.2. The molecular weight excluding hydrogens is 396 g/mol. The molecule has 1 fully saturated rings. The monoisotopic (exact) mass is 420 g/mol. The number of aromatic amines is 1. The molecule has 154 valence electrons. The first-order valence-electron chi connectivity index (χ1n) is 10.2. The van der Waals surface area contributed by atoms with Gasteiger partial charge in [0, 0.05) is 23.4 Å². The van der Waals surface area contributed by atoms with Crippen molar-refractivity contribution in [1.29, 1.82) is 5.26 Å². The molecule has 0 spiro atoms. The predicted molar refractivity (Wildman–Crippen MR) is 117 cm³/mol. The summed E-state index contributed by atoms with van der Waals surface area (Å²) in [6.45, 7) is 0. The number of rotatable bonds is 6. The molecular formula is C23H24N4O2S. The number of benzene rings is 1. The van der Waals surface area contributed by atoms with E-state index < -0.39 is 6.04 Å². The number of carbonyl (C=O) groups is 2. The Kier molecular flexibility index (Phi) is 6.15. The van der Waals surface area contributed by atoms with Crippen LogP contribution in [0.4, 0.5) is 0 Å². The predicted octanol–water partition coefficient (Wildman–Crippen LogP) is 3.77. The smallest absolute Gasteiger partial charge is 0.267 e. The van der Waals surface area contributed by atoms with Crippen LogP contribution < -0.4 is 10.6 Å². The van der Waals surface area contributed by atoms with Crippen LogP contribution >= 0.6 is 11.3 Å². The van der Waals surface area contributed by atoms with Crippen molar-refractivity contribution in [3.63, 3.8) is 0 Å². The summed E-state index contributed by atoms with van der Waals surface area (Å²) in [6.07, 6.45) is 3.87. The van der Waals surface area contributed by atoms with Crippen molar-refractivity contribution < 1.29 is 9.59 Å². The van der Waals surface area contributed by atoms with Gasteiger partial charge in [0.1, 0.15) is 11.7 Å². The second-order valence-corrected chi connectivity index (χ2v) is 8.55. The Morgan fingerprint density at radius 2 is 2.07 bits per heavy atom. The number of para-hydroxylation sites is 1. The Hall–Kier alpha value is -3.11. The molecule has 6 nitrogen and oxygen atoms in total. The second kappa shape index (κ2) is 9.14. The molecule has 3 N–H and O–H groups in total. The van der Waals surface area contributed by atoms with E-state index in [9.17, 15) is 14.9 Å². The summed E-state index contributed by atoms with van der Waals surface area (Å²) < 4.78 is 0. The molecule has 0 radical (unpaired) electrons. The van der Waals surface area contributed by atoms with Crippen molar-refractivity contribution >= 4 is 34.1 Å². The number of hydrogen-bond acceptors (Lipinski definition) is 4. The number of nitrogens with one attached hydrogen (secondary N) is 3. The Morgan fingerprint density at radius 1 is 1.23 bits per heavy atom. The molecule has 1 aromatic carbocycles. The van der Waals surface area contributed by atoms with Crippen molar-refractivity contribution in [2.45, 2.75) is 44.2 Å². The van der Waals surface area contributed by atoms with E-state index in [1.165, 1.54) is 0 Å². The van der Waals surface area contributed by atoms with Crippen molar-refractivity contribution in [3.05, 3.63) is 58.4 Å². The molecule has 30 heavy (non-hydrogen) atoms. The van der Waals surface area contributed by atoms with Crippen LogP contribution in [0.3, 0.4) is 0 Å². The van der Waals surface area contributed by atoms with Gasteiger partial charge >= 0.3 is 0 Å². The Morgan fingerprint density at radius 3 is 2.83 bits per heavy atom.